The van der Waals surface area contributed by atoms with Crippen LogP contribution in [0.15, 0.2) is 64.6 Å². The Kier molecular flexibility index (Phi) is 12.4. The molecule has 8 nitrogen and oxygen atoms in total. The number of anilines is 2. The number of amides is 1. The van der Waals surface area contributed by atoms with Gasteiger partial charge in [-0.25, -0.2) is 4.98 Å². The maximum atomic E-state index is 12.4. The molecule has 0 spiro atoms. The van der Waals surface area contributed by atoms with E-state index in [4.69, 9.17) is 21.3 Å². The van der Waals surface area contributed by atoms with Crippen molar-refractivity contribution in [2.75, 3.05) is 23.9 Å². The molecule has 2 aromatic heterocycles. The molecule has 0 atom stereocenters. The van der Waals surface area contributed by atoms with Crippen LogP contribution < -0.4 is 20.2 Å². The highest BCUT2D eigenvalue weighted by molar-refractivity contribution is 8.03. The zero-order valence-corrected chi connectivity index (χ0v) is 29.5. The summed E-state index contributed by atoms with van der Waals surface area (Å²) in [5.41, 5.74) is 4.10. The molecule has 3 heterocycles. The van der Waals surface area contributed by atoms with Crippen molar-refractivity contribution in [1.82, 2.24) is 19.8 Å². The van der Waals surface area contributed by atoms with E-state index in [2.05, 4.69) is 58.5 Å². The summed E-state index contributed by atoms with van der Waals surface area (Å²) < 4.78 is 7.18. The summed E-state index contributed by atoms with van der Waals surface area (Å²) in [7, 11) is 1.61. The standard InChI is InChI=1S/C37H45ClN6O2S/c1-5-7-9-10-11-15-23-43-31-21-19-27(38)24-33(31)47-35(43)18-14-13-16-29-26(3)41-44-37(29)40-36(42-44)30-25-28(20-22-32(30)46-4)39-34(45)17-12-8-6-2/h13-14,16,18-22,24-25H,5-12,15,17,23H2,1-4H3,(H,39,45)/b14-13+,29-16-,35-18-. The predicted molar refractivity (Wildman–Crippen MR) is 195 cm³/mol. The molecule has 1 aliphatic heterocycles. The molecule has 0 unspecified atom stereocenters. The number of nitrogens with one attached hydrogen (secondary N) is 1. The van der Waals surface area contributed by atoms with Gasteiger partial charge in [-0.3, -0.25) is 4.79 Å². The van der Waals surface area contributed by atoms with Gasteiger partial charge in [0.15, 0.2) is 11.5 Å². The van der Waals surface area contributed by atoms with Gasteiger partial charge in [-0.2, -0.15) is 5.10 Å². The highest BCUT2D eigenvalue weighted by Crippen LogP contribution is 2.47. The van der Waals surface area contributed by atoms with Gasteiger partial charge in [0.05, 0.1) is 29.1 Å². The summed E-state index contributed by atoms with van der Waals surface area (Å²) in [6.07, 6.45) is 19.3. The molecule has 0 saturated heterocycles. The lowest BCUT2D eigenvalue weighted by Crippen LogP contribution is -2.18. The topological polar surface area (TPSA) is 84.7 Å². The zero-order chi connectivity index (χ0) is 33.2. The second-order valence-corrected chi connectivity index (χ2v) is 13.4. The molecule has 1 aliphatic rings. The number of aryl methyl sites for hydroxylation is 1. The van der Waals surface area contributed by atoms with Crippen LogP contribution in [0.2, 0.25) is 5.02 Å². The fourth-order valence-electron chi connectivity index (χ4n) is 5.70. The van der Waals surface area contributed by atoms with E-state index in [0.29, 0.717) is 34.9 Å². The number of fused-ring (bicyclic) bond motifs is 2. The molecular weight excluding hydrogens is 628 g/mol. The van der Waals surface area contributed by atoms with Gasteiger partial charge < -0.3 is 15.0 Å². The lowest BCUT2D eigenvalue weighted by molar-refractivity contribution is -0.116. The minimum Gasteiger partial charge on any atom is -0.496 e. The molecule has 5 rings (SSSR count). The Hall–Kier alpha value is -3.82. The third-order valence-corrected chi connectivity index (χ3v) is 9.59. The summed E-state index contributed by atoms with van der Waals surface area (Å²) >= 11 is 8.09. The van der Waals surface area contributed by atoms with E-state index in [1.54, 1.807) is 23.5 Å². The number of ether oxygens (including phenoxy) is 1. The van der Waals surface area contributed by atoms with E-state index in [1.807, 2.05) is 43.3 Å². The van der Waals surface area contributed by atoms with E-state index in [0.717, 1.165) is 48.2 Å². The number of hydrogen-bond acceptors (Lipinski definition) is 7. The van der Waals surface area contributed by atoms with Gasteiger partial charge in [0.2, 0.25) is 5.91 Å². The maximum Gasteiger partial charge on any atom is 0.224 e. The van der Waals surface area contributed by atoms with Crippen LogP contribution >= 0.6 is 23.4 Å². The Morgan fingerprint density at radius 3 is 2.53 bits per heavy atom. The molecule has 0 bridgehead atoms. The number of aromatic nitrogens is 4. The number of nitrogens with zero attached hydrogens (tertiary/aromatic N) is 5. The molecule has 248 valence electrons. The number of carbonyl (C=O) groups is 1. The number of unbranched alkanes of at least 4 members (excludes halogenated alkanes) is 7. The SMILES string of the molecule is CCCCCCCCN1/C(=C/C=C/C=c2/c(C)nn3nc(-c4cc(NC(=O)CCCCC)ccc4OC)nc23)Sc2cc(Cl)ccc21. The van der Waals surface area contributed by atoms with Crippen LogP contribution in [-0.4, -0.2) is 39.4 Å². The predicted octanol–water partition coefficient (Wildman–Crippen LogP) is 9.15. The molecule has 1 N–H and O–H groups in total. The van der Waals surface area contributed by atoms with Crippen molar-refractivity contribution in [2.24, 2.45) is 0 Å². The van der Waals surface area contributed by atoms with Crippen LogP contribution in [0, 0.1) is 6.92 Å². The van der Waals surface area contributed by atoms with Crippen LogP contribution in [-0.2, 0) is 4.79 Å². The van der Waals surface area contributed by atoms with E-state index < -0.39 is 0 Å². The van der Waals surface area contributed by atoms with Crippen molar-refractivity contribution >= 4 is 52.4 Å². The Labute approximate surface area is 287 Å². The lowest BCUT2D eigenvalue weighted by atomic mass is 10.1. The van der Waals surface area contributed by atoms with E-state index in [-0.39, 0.29) is 5.91 Å². The minimum atomic E-state index is -0.00345. The van der Waals surface area contributed by atoms with Gasteiger partial charge in [0.1, 0.15) is 5.75 Å². The number of rotatable bonds is 16. The highest BCUT2D eigenvalue weighted by Gasteiger charge is 2.24. The summed E-state index contributed by atoms with van der Waals surface area (Å²) in [5.74, 6) is 1.10. The molecular formula is C37H45ClN6O2S. The fraction of sp³-hybridized carbons (Fsp3) is 0.405. The Morgan fingerprint density at radius 2 is 1.72 bits per heavy atom. The third-order valence-electron chi connectivity index (χ3n) is 8.24. The number of halogens is 1. The van der Waals surface area contributed by atoms with Crippen LogP contribution in [0.25, 0.3) is 23.1 Å². The Bertz CT molecular complexity index is 1800. The number of hydrogen-bond donors (Lipinski definition) is 1. The first kappa shape index (κ1) is 34.5. The van der Waals surface area contributed by atoms with Gasteiger partial charge in [-0.05, 0) is 68.3 Å². The molecule has 0 saturated carbocycles. The molecule has 2 aromatic carbocycles. The van der Waals surface area contributed by atoms with E-state index in [9.17, 15) is 4.79 Å². The van der Waals surface area contributed by atoms with Crippen LogP contribution in [0.4, 0.5) is 11.4 Å². The Morgan fingerprint density at radius 1 is 0.957 bits per heavy atom. The Balaban J connectivity index is 1.35. The smallest absolute Gasteiger partial charge is 0.224 e. The number of methoxy groups -OCH3 is 1. The normalized spacial score (nSPS) is 14.2. The second-order valence-electron chi connectivity index (χ2n) is 11.9. The monoisotopic (exact) mass is 672 g/mol. The largest absolute Gasteiger partial charge is 0.496 e. The maximum absolute atomic E-state index is 12.4. The average Bonchev–Trinajstić information content (AvgIpc) is 3.71. The highest BCUT2D eigenvalue weighted by atomic mass is 35.5. The summed E-state index contributed by atoms with van der Waals surface area (Å²) in [5, 5.41) is 15.1. The fourth-order valence-corrected chi connectivity index (χ4v) is 7.08. The summed E-state index contributed by atoms with van der Waals surface area (Å²) in [4.78, 5) is 20.9. The van der Waals surface area contributed by atoms with Crippen molar-refractivity contribution < 1.29 is 9.53 Å². The molecule has 0 fully saturated rings. The number of carbonyl (C=O) groups excluding carboxylic acids is 1. The quantitative estimate of drug-likeness (QED) is 0.119. The van der Waals surface area contributed by atoms with Crippen molar-refractivity contribution in [3.63, 3.8) is 0 Å². The van der Waals surface area contributed by atoms with Crippen molar-refractivity contribution in [3.8, 4) is 17.1 Å². The summed E-state index contributed by atoms with van der Waals surface area (Å²) in [6.45, 7) is 7.32. The second kappa shape index (κ2) is 16.8. The molecule has 4 aromatic rings. The number of allylic oxidation sites excluding steroid dienone is 3. The molecule has 0 radical (unpaired) electrons. The first-order valence-corrected chi connectivity index (χ1v) is 18.0. The van der Waals surface area contributed by atoms with Gasteiger partial charge >= 0.3 is 0 Å². The van der Waals surface area contributed by atoms with E-state index in [1.165, 1.54) is 47.7 Å². The first-order chi connectivity index (χ1) is 22.9. The third kappa shape index (κ3) is 8.76. The molecule has 0 aliphatic carbocycles. The van der Waals surface area contributed by atoms with Crippen molar-refractivity contribution in [2.45, 2.75) is 89.9 Å². The summed E-state index contributed by atoms with van der Waals surface area (Å²) in [6, 6.07) is 11.7. The minimum absolute atomic E-state index is 0.00345. The van der Waals surface area contributed by atoms with Crippen LogP contribution in [0.5, 0.6) is 5.75 Å². The van der Waals surface area contributed by atoms with Gasteiger partial charge in [0.25, 0.3) is 0 Å². The lowest BCUT2D eigenvalue weighted by Gasteiger charge is -2.20. The molecule has 10 heteroatoms. The van der Waals surface area contributed by atoms with E-state index >= 15 is 0 Å². The zero-order valence-electron chi connectivity index (χ0n) is 27.9. The van der Waals surface area contributed by atoms with Crippen LogP contribution in [0.1, 0.15) is 83.7 Å². The number of benzene rings is 2. The van der Waals surface area contributed by atoms with Gasteiger partial charge in [0, 0.05) is 33.8 Å². The average molecular weight is 673 g/mol. The van der Waals surface area contributed by atoms with Gasteiger partial charge in [-0.15, -0.1) is 9.73 Å². The first-order valence-electron chi connectivity index (χ1n) is 16.8. The van der Waals surface area contributed by atoms with Gasteiger partial charge in [-0.1, -0.05) is 94.3 Å². The van der Waals surface area contributed by atoms with Crippen molar-refractivity contribution in [1.29, 1.82) is 0 Å². The molecule has 47 heavy (non-hydrogen) atoms. The molecule has 1 amide bonds. The van der Waals surface area contributed by atoms with Crippen LogP contribution in [0.3, 0.4) is 0 Å². The van der Waals surface area contributed by atoms with Crippen molar-refractivity contribution in [3.05, 3.63) is 75.6 Å². The number of thioether (sulfide) groups is 1.